The number of hydrogen-bond donors (Lipinski definition) is 0. The molecule has 6 heteroatoms. The van der Waals surface area contributed by atoms with E-state index in [4.69, 9.17) is 23.7 Å². The highest BCUT2D eigenvalue weighted by Crippen LogP contribution is 2.32. The predicted molar refractivity (Wildman–Crippen MR) is 95.5 cm³/mol. The zero-order chi connectivity index (χ0) is 18.8. The van der Waals surface area contributed by atoms with Gasteiger partial charge in [-0.3, -0.25) is 4.79 Å². The summed E-state index contributed by atoms with van der Waals surface area (Å²) >= 11 is 0. The average Bonchev–Trinajstić information content (AvgIpc) is 3.02. The number of carbonyl (C=O) groups excluding carboxylic acids is 1. The second-order valence-electron chi connectivity index (χ2n) is 7.02. The van der Waals surface area contributed by atoms with Crippen LogP contribution in [-0.2, 0) is 36.5 Å². The molecule has 1 aliphatic heterocycles. The smallest absolute Gasteiger partial charge is 0.187 e. The molecule has 1 aliphatic carbocycles. The second-order valence-corrected chi connectivity index (χ2v) is 7.02. The van der Waals surface area contributed by atoms with E-state index in [1.165, 1.54) is 11.1 Å². The highest BCUT2D eigenvalue weighted by Gasteiger charge is 2.47. The van der Waals surface area contributed by atoms with E-state index < -0.39 is 6.29 Å². The quantitative estimate of drug-likeness (QED) is 0.721. The summed E-state index contributed by atoms with van der Waals surface area (Å²) in [6.07, 6.45) is -0.0324. The Morgan fingerprint density at radius 3 is 2.27 bits per heavy atom. The minimum Gasteiger partial charge on any atom is -0.376 e. The van der Waals surface area contributed by atoms with Gasteiger partial charge in [-0.25, -0.2) is 0 Å². The van der Waals surface area contributed by atoms with Gasteiger partial charge in [-0.05, 0) is 43.9 Å². The Bertz CT molecular complexity index is 645. The van der Waals surface area contributed by atoms with Crippen LogP contribution in [0.3, 0.4) is 0 Å². The summed E-state index contributed by atoms with van der Waals surface area (Å²) < 4.78 is 29.1. The van der Waals surface area contributed by atoms with Crippen LogP contribution >= 0.6 is 0 Å². The van der Waals surface area contributed by atoms with Crippen molar-refractivity contribution < 1.29 is 28.5 Å². The number of benzene rings is 1. The maximum atomic E-state index is 11.6. The number of hydrogen-bond acceptors (Lipinski definition) is 6. The SMILES string of the molecule is CO[C@@H]1[C@@H](OC)[C@H](C)O[C@@H](OC2Cc3ccc(C(C)=O)cc3C2)[C@@H]1OC. The number of ether oxygens (including phenoxy) is 5. The van der Waals surface area contributed by atoms with Crippen LogP contribution in [0.15, 0.2) is 18.2 Å². The topological polar surface area (TPSA) is 63.2 Å². The largest absolute Gasteiger partial charge is 0.376 e. The van der Waals surface area contributed by atoms with Crippen molar-refractivity contribution in [3.8, 4) is 0 Å². The standard InChI is InChI=1S/C20H28O6/c1-11(21)13-6-7-14-9-16(10-15(14)8-13)26-20-19(24-5)18(23-4)17(22-3)12(2)25-20/h6-8,12,16-20H,9-10H2,1-5H3/t12-,16?,17-,18+,19+,20-/m0/s1. The molecule has 1 saturated heterocycles. The third-order valence-corrected chi connectivity index (χ3v) is 5.38. The molecule has 0 spiro atoms. The molecule has 1 fully saturated rings. The van der Waals surface area contributed by atoms with Crippen LogP contribution in [0.1, 0.15) is 35.3 Å². The molecular weight excluding hydrogens is 336 g/mol. The average molecular weight is 364 g/mol. The number of methoxy groups -OCH3 is 3. The third kappa shape index (κ3) is 3.70. The molecule has 0 saturated carbocycles. The molecule has 0 N–H and O–H groups in total. The normalized spacial score (nSPS) is 33.9. The Balaban J connectivity index is 1.71. The van der Waals surface area contributed by atoms with Crippen LogP contribution in [0.25, 0.3) is 0 Å². The number of rotatable bonds is 6. The van der Waals surface area contributed by atoms with Gasteiger partial charge in [-0.15, -0.1) is 0 Å². The molecule has 1 unspecified atom stereocenters. The summed E-state index contributed by atoms with van der Waals surface area (Å²) in [6, 6.07) is 5.87. The van der Waals surface area contributed by atoms with Crippen molar-refractivity contribution in [3.63, 3.8) is 0 Å². The van der Waals surface area contributed by atoms with E-state index in [1.54, 1.807) is 28.3 Å². The van der Waals surface area contributed by atoms with Crippen molar-refractivity contribution in [1.82, 2.24) is 0 Å². The van der Waals surface area contributed by atoms with Gasteiger partial charge in [0, 0.05) is 26.9 Å². The number of Topliss-reactive ketones (excluding diaryl/α,β-unsaturated/α-hetero) is 1. The van der Waals surface area contributed by atoms with Crippen molar-refractivity contribution in [2.75, 3.05) is 21.3 Å². The summed E-state index contributed by atoms with van der Waals surface area (Å²) in [5.41, 5.74) is 3.12. The summed E-state index contributed by atoms with van der Waals surface area (Å²) in [4.78, 5) is 11.6. The van der Waals surface area contributed by atoms with E-state index in [0.717, 1.165) is 18.4 Å². The van der Waals surface area contributed by atoms with Crippen LogP contribution in [-0.4, -0.2) is 63.9 Å². The molecular formula is C20H28O6. The first-order valence-corrected chi connectivity index (χ1v) is 9.00. The predicted octanol–water partition coefficient (Wildman–Crippen LogP) is 2.16. The van der Waals surface area contributed by atoms with Crippen molar-refractivity contribution in [2.45, 2.75) is 63.5 Å². The lowest BCUT2D eigenvalue weighted by atomic mass is 9.99. The molecule has 0 bridgehead atoms. The number of fused-ring (bicyclic) bond motifs is 1. The fourth-order valence-electron chi connectivity index (χ4n) is 4.01. The summed E-state index contributed by atoms with van der Waals surface area (Å²) in [6.45, 7) is 3.53. The molecule has 26 heavy (non-hydrogen) atoms. The first-order chi connectivity index (χ1) is 12.5. The van der Waals surface area contributed by atoms with Gasteiger partial charge in [-0.1, -0.05) is 12.1 Å². The van der Waals surface area contributed by atoms with E-state index in [9.17, 15) is 4.79 Å². The second kappa shape index (κ2) is 8.15. The summed E-state index contributed by atoms with van der Waals surface area (Å²) in [5, 5.41) is 0. The Hall–Kier alpha value is -1.31. The highest BCUT2D eigenvalue weighted by molar-refractivity contribution is 5.94. The van der Waals surface area contributed by atoms with E-state index >= 15 is 0 Å². The maximum Gasteiger partial charge on any atom is 0.187 e. The fraction of sp³-hybridized carbons (Fsp3) is 0.650. The Kier molecular flexibility index (Phi) is 6.10. The summed E-state index contributed by atoms with van der Waals surface area (Å²) in [5.74, 6) is 0.0783. The van der Waals surface area contributed by atoms with Gasteiger partial charge in [-0.2, -0.15) is 0 Å². The number of ketones is 1. The zero-order valence-corrected chi connectivity index (χ0v) is 16.1. The van der Waals surface area contributed by atoms with E-state index in [1.807, 2.05) is 25.1 Å². The highest BCUT2D eigenvalue weighted by atomic mass is 16.7. The van der Waals surface area contributed by atoms with Gasteiger partial charge < -0.3 is 23.7 Å². The summed E-state index contributed by atoms with van der Waals surface area (Å²) in [7, 11) is 4.92. The Morgan fingerprint density at radius 2 is 1.65 bits per heavy atom. The fourth-order valence-corrected chi connectivity index (χ4v) is 4.01. The van der Waals surface area contributed by atoms with Crippen molar-refractivity contribution in [2.24, 2.45) is 0 Å². The first kappa shape index (κ1) is 19.5. The Morgan fingerprint density at radius 1 is 1.00 bits per heavy atom. The molecule has 0 aromatic heterocycles. The van der Waals surface area contributed by atoms with Crippen LogP contribution in [0.2, 0.25) is 0 Å². The van der Waals surface area contributed by atoms with Crippen LogP contribution < -0.4 is 0 Å². The van der Waals surface area contributed by atoms with E-state index in [2.05, 4.69) is 0 Å². The maximum absolute atomic E-state index is 11.6. The van der Waals surface area contributed by atoms with Gasteiger partial charge in [0.05, 0.1) is 12.2 Å². The third-order valence-electron chi connectivity index (χ3n) is 5.38. The molecule has 2 aliphatic rings. The zero-order valence-electron chi connectivity index (χ0n) is 16.1. The molecule has 1 heterocycles. The molecule has 1 aromatic rings. The van der Waals surface area contributed by atoms with Crippen molar-refractivity contribution in [3.05, 3.63) is 34.9 Å². The van der Waals surface area contributed by atoms with Crippen molar-refractivity contribution in [1.29, 1.82) is 0 Å². The minimum atomic E-state index is -0.530. The first-order valence-electron chi connectivity index (χ1n) is 9.00. The van der Waals surface area contributed by atoms with Gasteiger partial charge in [0.1, 0.15) is 18.3 Å². The Labute approximate surface area is 154 Å². The van der Waals surface area contributed by atoms with Gasteiger partial charge >= 0.3 is 0 Å². The van der Waals surface area contributed by atoms with E-state index in [0.29, 0.717) is 0 Å². The number of carbonyl (C=O) groups is 1. The van der Waals surface area contributed by atoms with Crippen LogP contribution in [0, 0.1) is 0 Å². The van der Waals surface area contributed by atoms with Gasteiger partial charge in [0.25, 0.3) is 0 Å². The molecule has 6 nitrogen and oxygen atoms in total. The molecule has 0 amide bonds. The molecule has 0 radical (unpaired) electrons. The minimum absolute atomic E-state index is 0.0151. The monoisotopic (exact) mass is 364 g/mol. The molecule has 1 aromatic carbocycles. The molecule has 6 atom stereocenters. The van der Waals surface area contributed by atoms with Crippen molar-refractivity contribution >= 4 is 5.78 Å². The lowest BCUT2D eigenvalue weighted by Crippen LogP contribution is -2.59. The van der Waals surface area contributed by atoms with Crippen LogP contribution in [0.4, 0.5) is 0 Å². The lowest BCUT2D eigenvalue weighted by molar-refractivity contribution is -0.314. The van der Waals surface area contributed by atoms with Gasteiger partial charge in [0.2, 0.25) is 0 Å². The van der Waals surface area contributed by atoms with E-state index in [-0.39, 0.29) is 36.3 Å². The molecule has 144 valence electrons. The van der Waals surface area contributed by atoms with Crippen LogP contribution in [0.5, 0.6) is 0 Å². The molecule has 3 rings (SSSR count). The lowest BCUT2D eigenvalue weighted by Gasteiger charge is -2.44. The van der Waals surface area contributed by atoms with Gasteiger partial charge in [0.15, 0.2) is 12.1 Å².